The lowest BCUT2D eigenvalue weighted by molar-refractivity contribution is -0.113. The van der Waals surface area contributed by atoms with E-state index < -0.39 is 21.5 Å². The molecule has 0 radical (unpaired) electrons. The summed E-state index contributed by atoms with van der Waals surface area (Å²) >= 11 is 0. The molecule has 0 aromatic heterocycles. The minimum absolute atomic E-state index is 0.000329. The average Bonchev–Trinajstić information content (AvgIpc) is 3.20. The normalized spacial score (nSPS) is 16.4. The van der Waals surface area contributed by atoms with Gasteiger partial charge in [0, 0.05) is 13.2 Å². The molecule has 1 saturated heterocycles. The number of amides is 2. The van der Waals surface area contributed by atoms with E-state index in [-0.39, 0.29) is 28.2 Å². The van der Waals surface area contributed by atoms with Crippen molar-refractivity contribution in [2.45, 2.75) is 30.8 Å². The summed E-state index contributed by atoms with van der Waals surface area (Å²) < 4.78 is 30.4. The van der Waals surface area contributed by atoms with Gasteiger partial charge in [0.2, 0.25) is 5.91 Å². The van der Waals surface area contributed by atoms with Crippen molar-refractivity contribution in [1.29, 1.82) is 0 Å². The number of carbonyl (C=O) groups is 2. The first-order valence-electron chi connectivity index (χ1n) is 9.43. The van der Waals surface area contributed by atoms with Gasteiger partial charge in [-0.15, -0.1) is 0 Å². The average molecular weight is 416 g/mol. The van der Waals surface area contributed by atoms with Crippen LogP contribution in [0, 0.1) is 6.92 Å². The van der Waals surface area contributed by atoms with Gasteiger partial charge in [0.15, 0.2) is 9.84 Å². The van der Waals surface area contributed by atoms with E-state index in [0.29, 0.717) is 13.2 Å². The lowest BCUT2D eigenvalue weighted by Crippen LogP contribution is -2.32. The predicted octanol–water partition coefficient (Wildman–Crippen LogP) is 2.32. The Kier molecular flexibility index (Phi) is 6.66. The number of anilines is 1. The third-order valence-corrected chi connectivity index (χ3v) is 6.29. The zero-order valence-electron chi connectivity index (χ0n) is 16.2. The summed E-state index contributed by atoms with van der Waals surface area (Å²) in [6, 6.07) is 12.8. The van der Waals surface area contributed by atoms with E-state index in [1.165, 1.54) is 12.1 Å². The first-order valence-corrected chi connectivity index (χ1v) is 11.1. The van der Waals surface area contributed by atoms with Gasteiger partial charge in [0.25, 0.3) is 5.91 Å². The van der Waals surface area contributed by atoms with Gasteiger partial charge >= 0.3 is 0 Å². The van der Waals surface area contributed by atoms with Gasteiger partial charge in [-0.2, -0.15) is 0 Å². The molecular weight excluding hydrogens is 392 g/mol. The molecule has 1 aliphatic rings. The van der Waals surface area contributed by atoms with Crippen molar-refractivity contribution >= 4 is 27.3 Å². The molecule has 2 N–H and O–H groups in total. The molecule has 29 heavy (non-hydrogen) atoms. The molecule has 2 aromatic carbocycles. The lowest BCUT2D eigenvalue weighted by atomic mass is 10.1. The Hall–Kier alpha value is -2.71. The largest absolute Gasteiger partial charge is 0.376 e. The second kappa shape index (κ2) is 9.19. The summed E-state index contributed by atoms with van der Waals surface area (Å²) in [6.45, 7) is 2.94. The molecule has 1 unspecified atom stereocenters. The molecule has 0 bridgehead atoms. The van der Waals surface area contributed by atoms with Gasteiger partial charge < -0.3 is 15.4 Å². The summed E-state index contributed by atoms with van der Waals surface area (Å²) in [6.07, 6.45) is 1.87. The maximum Gasteiger partial charge on any atom is 0.253 e. The van der Waals surface area contributed by atoms with Gasteiger partial charge in [-0.1, -0.05) is 29.8 Å². The van der Waals surface area contributed by atoms with E-state index >= 15 is 0 Å². The Morgan fingerprint density at radius 3 is 2.52 bits per heavy atom. The van der Waals surface area contributed by atoms with E-state index in [1.807, 2.05) is 6.92 Å². The Balaban J connectivity index is 1.65. The molecule has 1 aliphatic heterocycles. The van der Waals surface area contributed by atoms with Crippen LogP contribution in [0.15, 0.2) is 53.4 Å². The summed E-state index contributed by atoms with van der Waals surface area (Å²) in [5, 5.41) is 5.35. The fraction of sp³-hybridized carbons (Fsp3) is 0.333. The van der Waals surface area contributed by atoms with Crippen molar-refractivity contribution < 1.29 is 22.7 Å². The van der Waals surface area contributed by atoms with E-state index in [0.717, 1.165) is 18.4 Å². The van der Waals surface area contributed by atoms with Crippen molar-refractivity contribution in [3.05, 3.63) is 59.7 Å². The number of rotatable bonds is 7. The smallest absolute Gasteiger partial charge is 0.253 e. The number of benzene rings is 2. The van der Waals surface area contributed by atoms with Crippen LogP contribution in [0.3, 0.4) is 0 Å². The van der Waals surface area contributed by atoms with Crippen molar-refractivity contribution in [3.8, 4) is 0 Å². The predicted molar refractivity (Wildman–Crippen MR) is 110 cm³/mol. The third kappa shape index (κ3) is 5.65. The van der Waals surface area contributed by atoms with Gasteiger partial charge in [-0.05, 0) is 44.0 Å². The maximum absolute atomic E-state index is 12.5. The highest BCUT2D eigenvalue weighted by Crippen LogP contribution is 2.17. The second-order valence-electron chi connectivity index (χ2n) is 7.01. The molecule has 0 aliphatic carbocycles. The Morgan fingerprint density at radius 1 is 1.10 bits per heavy atom. The van der Waals surface area contributed by atoms with Crippen LogP contribution in [0.25, 0.3) is 0 Å². The summed E-state index contributed by atoms with van der Waals surface area (Å²) in [7, 11) is -3.78. The van der Waals surface area contributed by atoms with Crippen molar-refractivity contribution in [2.24, 2.45) is 0 Å². The monoisotopic (exact) mass is 416 g/mol. The third-order valence-electron chi connectivity index (χ3n) is 4.66. The zero-order chi connectivity index (χ0) is 20.9. The molecule has 154 valence electrons. The summed E-state index contributed by atoms with van der Waals surface area (Å²) in [4.78, 5) is 25.0. The van der Waals surface area contributed by atoms with Crippen molar-refractivity contribution in [2.75, 3.05) is 24.2 Å². The first kappa shape index (κ1) is 21.0. The van der Waals surface area contributed by atoms with Gasteiger partial charge in [-0.3, -0.25) is 9.59 Å². The quantitative estimate of drug-likeness (QED) is 0.721. The number of ether oxygens (including phenoxy) is 1. The molecule has 2 aromatic rings. The number of aryl methyl sites for hydroxylation is 1. The zero-order valence-corrected chi connectivity index (χ0v) is 17.0. The van der Waals surface area contributed by atoms with Crippen LogP contribution in [-0.4, -0.2) is 45.2 Å². The minimum atomic E-state index is -3.78. The molecule has 2 amide bonds. The Morgan fingerprint density at radius 2 is 1.83 bits per heavy atom. The van der Waals surface area contributed by atoms with Crippen LogP contribution in [0.2, 0.25) is 0 Å². The van der Waals surface area contributed by atoms with Crippen LogP contribution < -0.4 is 10.6 Å². The molecule has 8 heteroatoms. The Bertz CT molecular complexity index is 980. The molecule has 1 atom stereocenters. The molecular formula is C21H24N2O5S. The molecule has 1 fully saturated rings. The number of hydrogen-bond donors (Lipinski definition) is 2. The SMILES string of the molecule is Cc1ccc(S(=O)(=O)CC(=O)Nc2ccccc2C(=O)NCC2CCCO2)cc1. The minimum Gasteiger partial charge on any atom is -0.376 e. The van der Waals surface area contributed by atoms with Crippen LogP contribution in [0.4, 0.5) is 5.69 Å². The van der Waals surface area contributed by atoms with E-state index in [2.05, 4.69) is 10.6 Å². The second-order valence-corrected chi connectivity index (χ2v) is 9.00. The lowest BCUT2D eigenvalue weighted by Gasteiger charge is -2.14. The van der Waals surface area contributed by atoms with Crippen molar-refractivity contribution in [1.82, 2.24) is 5.32 Å². The van der Waals surface area contributed by atoms with E-state index in [1.54, 1.807) is 36.4 Å². The van der Waals surface area contributed by atoms with Gasteiger partial charge in [-0.25, -0.2) is 8.42 Å². The topological polar surface area (TPSA) is 102 Å². The molecule has 3 rings (SSSR count). The summed E-state index contributed by atoms with van der Waals surface area (Å²) in [5.74, 6) is -1.76. The molecule has 1 heterocycles. The Labute approximate surface area is 170 Å². The van der Waals surface area contributed by atoms with Crippen LogP contribution in [0.1, 0.15) is 28.8 Å². The van der Waals surface area contributed by atoms with Crippen LogP contribution in [-0.2, 0) is 19.4 Å². The number of hydrogen-bond acceptors (Lipinski definition) is 5. The highest BCUT2D eigenvalue weighted by Gasteiger charge is 2.22. The summed E-state index contributed by atoms with van der Waals surface area (Å²) in [5.41, 5.74) is 1.46. The number of carbonyl (C=O) groups excluding carboxylic acids is 2. The highest BCUT2D eigenvalue weighted by molar-refractivity contribution is 7.92. The number of nitrogens with one attached hydrogen (secondary N) is 2. The van der Waals surface area contributed by atoms with Gasteiger partial charge in [0.05, 0.1) is 22.3 Å². The van der Waals surface area contributed by atoms with E-state index in [9.17, 15) is 18.0 Å². The maximum atomic E-state index is 12.5. The van der Waals surface area contributed by atoms with Crippen LogP contribution >= 0.6 is 0 Å². The first-order chi connectivity index (χ1) is 13.8. The highest BCUT2D eigenvalue weighted by atomic mass is 32.2. The van der Waals surface area contributed by atoms with Crippen LogP contribution in [0.5, 0.6) is 0 Å². The standard InChI is InChI=1S/C21H24N2O5S/c1-15-8-10-17(11-9-15)29(26,27)14-20(24)23-19-7-3-2-6-18(19)21(25)22-13-16-5-4-12-28-16/h2-3,6-11,16H,4-5,12-14H2,1H3,(H,22,25)(H,23,24). The number of para-hydroxylation sites is 1. The molecule has 0 saturated carbocycles. The fourth-order valence-corrected chi connectivity index (χ4v) is 4.22. The number of sulfone groups is 1. The van der Waals surface area contributed by atoms with E-state index in [4.69, 9.17) is 4.74 Å². The van der Waals surface area contributed by atoms with Gasteiger partial charge in [0.1, 0.15) is 5.75 Å². The fourth-order valence-electron chi connectivity index (χ4n) is 3.09. The van der Waals surface area contributed by atoms with Crippen molar-refractivity contribution in [3.63, 3.8) is 0 Å². The molecule has 7 nitrogen and oxygen atoms in total. The molecule has 0 spiro atoms.